The van der Waals surface area contributed by atoms with E-state index in [0.717, 1.165) is 35.5 Å². The number of Topliss-reactive ketones (excluding diaryl/α,β-unsaturated/α-hetero) is 1. The maximum Gasteiger partial charge on any atom is 0.255 e. The molecule has 2 aromatic rings. The van der Waals surface area contributed by atoms with Crippen molar-refractivity contribution < 1.29 is 14.3 Å². The van der Waals surface area contributed by atoms with E-state index in [0.29, 0.717) is 29.1 Å². The van der Waals surface area contributed by atoms with Crippen molar-refractivity contribution in [2.24, 2.45) is 0 Å². The number of aromatic nitrogens is 1. The maximum absolute atomic E-state index is 13.4. The molecule has 1 aliphatic heterocycles. The highest BCUT2D eigenvalue weighted by molar-refractivity contribution is 6.09. The number of pyridine rings is 1. The van der Waals surface area contributed by atoms with Crippen molar-refractivity contribution in [1.29, 1.82) is 0 Å². The summed E-state index contributed by atoms with van der Waals surface area (Å²) in [5, 5.41) is 6.24. The van der Waals surface area contributed by atoms with Crippen LogP contribution in [0, 0.1) is 6.92 Å². The zero-order valence-corrected chi connectivity index (χ0v) is 17.4. The molecule has 1 aliphatic carbocycles. The molecule has 0 unspecified atom stereocenters. The number of nitrogens with zero attached hydrogens (tertiary/aromatic N) is 1. The van der Waals surface area contributed by atoms with E-state index in [1.165, 1.54) is 0 Å². The van der Waals surface area contributed by atoms with E-state index >= 15 is 0 Å². The van der Waals surface area contributed by atoms with Crippen molar-refractivity contribution in [1.82, 2.24) is 10.3 Å². The Hall–Kier alpha value is -3.41. The molecule has 30 heavy (non-hydrogen) atoms. The van der Waals surface area contributed by atoms with Gasteiger partial charge in [-0.1, -0.05) is 18.2 Å². The number of nitrogens with one attached hydrogen (secondary N) is 2. The van der Waals surface area contributed by atoms with Crippen LogP contribution in [-0.4, -0.2) is 23.8 Å². The lowest BCUT2D eigenvalue weighted by molar-refractivity contribution is -0.116. The van der Waals surface area contributed by atoms with Crippen LogP contribution in [0.5, 0.6) is 5.75 Å². The third-order valence-electron chi connectivity index (χ3n) is 5.58. The van der Waals surface area contributed by atoms with Crippen molar-refractivity contribution >= 4 is 17.5 Å². The monoisotopic (exact) mass is 403 g/mol. The van der Waals surface area contributed by atoms with Crippen molar-refractivity contribution in [2.75, 3.05) is 12.4 Å². The van der Waals surface area contributed by atoms with Crippen molar-refractivity contribution in [2.45, 2.75) is 39.0 Å². The van der Waals surface area contributed by atoms with Gasteiger partial charge in [0.1, 0.15) is 11.6 Å². The van der Waals surface area contributed by atoms with Crippen molar-refractivity contribution in [3.05, 3.63) is 76.3 Å². The summed E-state index contributed by atoms with van der Waals surface area (Å²) < 4.78 is 5.40. The quantitative estimate of drug-likeness (QED) is 0.806. The molecule has 2 N–H and O–H groups in total. The van der Waals surface area contributed by atoms with Gasteiger partial charge in [-0.3, -0.25) is 9.59 Å². The minimum Gasteiger partial charge on any atom is -0.497 e. The molecule has 1 atom stereocenters. The number of dihydropyridines is 1. The van der Waals surface area contributed by atoms with Gasteiger partial charge < -0.3 is 15.4 Å². The van der Waals surface area contributed by atoms with E-state index in [1.54, 1.807) is 13.2 Å². The molecule has 1 amide bonds. The van der Waals surface area contributed by atoms with Crippen LogP contribution in [0.3, 0.4) is 0 Å². The number of hydrogen-bond acceptors (Lipinski definition) is 5. The van der Waals surface area contributed by atoms with Crippen LogP contribution in [0.25, 0.3) is 0 Å². The maximum atomic E-state index is 13.4. The predicted molar refractivity (Wildman–Crippen MR) is 115 cm³/mol. The van der Waals surface area contributed by atoms with Crippen LogP contribution in [0.15, 0.2) is 65.0 Å². The molecular formula is C24H25N3O3. The topological polar surface area (TPSA) is 80.3 Å². The van der Waals surface area contributed by atoms with Crippen molar-refractivity contribution in [3.8, 4) is 5.75 Å². The number of rotatable bonds is 4. The third kappa shape index (κ3) is 3.73. The Morgan fingerprint density at radius 1 is 1.17 bits per heavy atom. The van der Waals surface area contributed by atoms with Crippen LogP contribution < -0.4 is 15.4 Å². The Kier molecular flexibility index (Phi) is 5.40. The molecule has 0 spiro atoms. The van der Waals surface area contributed by atoms with Gasteiger partial charge in [0, 0.05) is 40.6 Å². The number of amides is 1. The molecule has 0 saturated heterocycles. The molecule has 1 aromatic carbocycles. The van der Waals surface area contributed by atoms with Crippen LogP contribution in [0.2, 0.25) is 0 Å². The smallest absolute Gasteiger partial charge is 0.255 e. The van der Waals surface area contributed by atoms with Crippen LogP contribution in [-0.2, 0) is 9.59 Å². The van der Waals surface area contributed by atoms with E-state index in [2.05, 4.69) is 15.6 Å². The molecular weight excluding hydrogens is 378 g/mol. The van der Waals surface area contributed by atoms with Crippen molar-refractivity contribution in [3.63, 3.8) is 0 Å². The summed E-state index contributed by atoms with van der Waals surface area (Å²) in [6.45, 7) is 3.76. The molecule has 4 rings (SSSR count). The minimum atomic E-state index is -0.450. The number of aryl methyl sites for hydroxylation is 1. The highest BCUT2D eigenvalue weighted by Crippen LogP contribution is 2.43. The number of ether oxygens (including phenoxy) is 1. The fraction of sp³-hybridized carbons (Fsp3) is 0.292. The summed E-state index contributed by atoms with van der Waals surface area (Å²) in [4.78, 5) is 30.7. The number of allylic oxidation sites excluding steroid dienone is 3. The first-order valence-corrected chi connectivity index (χ1v) is 10.1. The molecule has 0 bridgehead atoms. The number of carbonyl (C=O) groups excluding carboxylic acids is 2. The van der Waals surface area contributed by atoms with Gasteiger partial charge in [-0.25, -0.2) is 4.98 Å². The largest absolute Gasteiger partial charge is 0.497 e. The molecule has 0 saturated carbocycles. The Morgan fingerprint density at radius 3 is 2.73 bits per heavy atom. The van der Waals surface area contributed by atoms with Gasteiger partial charge in [-0.2, -0.15) is 0 Å². The summed E-state index contributed by atoms with van der Waals surface area (Å²) >= 11 is 0. The predicted octanol–water partition coefficient (Wildman–Crippen LogP) is 4.01. The molecule has 1 aromatic heterocycles. The van der Waals surface area contributed by atoms with Crippen LogP contribution >= 0.6 is 0 Å². The second-order valence-corrected chi connectivity index (χ2v) is 7.66. The van der Waals surface area contributed by atoms with Crippen LogP contribution in [0.1, 0.15) is 43.4 Å². The van der Waals surface area contributed by atoms with E-state index in [-0.39, 0.29) is 11.7 Å². The highest BCUT2D eigenvalue weighted by atomic mass is 16.5. The molecule has 6 heteroatoms. The first-order chi connectivity index (χ1) is 14.5. The molecule has 2 aliphatic rings. The lowest BCUT2D eigenvalue weighted by Gasteiger charge is -2.34. The average Bonchev–Trinajstić information content (AvgIpc) is 2.73. The molecule has 2 heterocycles. The Balaban J connectivity index is 1.80. The lowest BCUT2D eigenvalue weighted by atomic mass is 9.75. The van der Waals surface area contributed by atoms with Gasteiger partial charge >= 0.3 is 0 Å². The first-order valence-electron chi connectivity index (χ1n) is 10.1. The zero-order chi connectivity index (χ0) is 21.3. The summed E-state index contributed by atoms with van der Waals surface area (Å²) in [5.74, 6) is 0.543. The van der Waals surface area contributed by atoms with E-state index in [4.69, 9.17) is 4.74 Å². The average molecular weight is 403 g/mol. The molecule has 0 radical (unpaired) electrons. The number of anilines is 1. The van der Waals surface area contributed by atoms with E-state index in [1.807, 2.05) is 50.2 Å². The Labute approximate surface area is 176 Å². The highest BCUT2D eigenvalue weighted by Gasteiger charge is 2.38. The number of methoxy groups -OCH3 is 1. The summed E-state index contributed by atoms with van der Waals surface area (Å²) in [7, 11) is 1.61. The minimum absolute atomic E-state index is 0.0862. The number of carbonyl (C=O) groups is 2. The van der Waals surface area contributed by atoms with E-state index in [9.17, 15) is 9.59 Å². The standard InChI is InChI=1S/C24H25N3O3/c1-14-7-4-12-20(25-14)27-24(29)21-15(2)26-18-10-6-11-19(28)23(18)22(21)16-8-5-9-17(13-16)30-3/h4-5,7-9,12-13,22,26H,6,10-11H2,1-3H3,(H,25,27,29)/t22-/m0/s1. The lowest BCUT2D eigenvalue weighted by Crippen LogP contribution is -2.35. The van der Waals surface area contributed by atoms with Gasteiger partial charge in [-0.15, -0.1) is 0 Å². The summed E-state index contributed by atoms with van der Waals surface area (Å²) in [6, 6.07) is 13.1. The molecule has 6 nitrogen and oxygen atoms in total. The first kappa shape index (κ1) is 19.9. The SMILES string of the molecule is COc1cccc([C@H]2C(C(=O)Nc3cccc(C)n3)=C(C)NC3=C2C(=O)CCC3)c1. The Bertz CT molecular complexity index is 1080. The second-order valence-electron chi connectivity index (χ2n) is 7.66. The Morgan fingerprint density at radius 2 is 1.97 bits per heavy atom. The molecule has 0 fully saturated rings. The second kappa shape index (κ2) is 8.14. The zero-order valence-electron chi connectivity index (χ0n) is 17.4. The summed E-state index contributed by atoms with van der Waals surface area (Å²) in [6.07, 6.45) is 2.11. The van der Waals surface area contributed by atoms with Gasteiger partial charge in [0.2, 0.25) is 0 Å². The third-order valence-corrected chi connectivity index (χ3v) is 5.58. The van der Waals surface area contributed by atoms with Gasteiger partial charge in [0.05, 0.1) is 7.11 Å². The van der Waals surface area contributed by atoms with Gasteiger partial charge in [0.15, 0.2) is 5.78 Å². The fourth-order valence-electron chi connectivity index (χ4n) is 4.24. The van der Waals surface area contributed by atoms with Crippen LogP contribution in [0.4, 0.5) is 5.82 Å². The van der Waals surface area contributed by atoms with E-state index < -0.39 is 5.92 Å². The number of hydrogen-bond donors (Lipinski definition) is 2. The van der Waals surface area contributed by atoms with Gasteiger partial charge in [0.25, 0.3) is 5.91 Å². The molecule has 154 valence electrons. The normalized spacial score (nSPS) is 18.6. The van der Waals surface area contributed by atoms with Gasteiger partial charge in [-0.05, 0) is 56.5 Å². The summed E-state index contributed by atoms with van der Waals surface area (Å²) in [5.41, 5.74) is 4.56. The number of ketones is 1. The number of benzene rings is 1. The fourth-order valence-corrected chi connectivity index (χ4v) is 4.24.